The Morgan fingerprint density at radius 3 is 2.53 bits per heavy atom. The molecule has 0 amide bonds. The van der Waals surface area contributed by atoms with Gasteiger partial charge in [-0.15, -0.1) is 0 Å². The van der Waals surface area contributed by atoms with E-state index in [2.05, 4.69) is 9.84 Å². The van der Waals surface area contributed by atoms with E-state index < -0.39 is 25.5 Å². The summed E-state index contributed by atoms with van der Waals surface area (Å²) in [6, 6.07) is -0.0591. The van der Waals surface area contributed by atoms with Gasteiger partial charge in [0.25, 0.3) is 0 Å². The van der Waals surface area contributed by atoms with Gasteiger partial charge < -0.3 is 14.6 Å². The van der Waals surface area contributed by atoms with E-state index in [0.717, 1.165) is 0 Å². The third kappa shape index (κ3) is 4.39. The topological polar surface area (TPSA) is 56.5 Å². The first-order chi connectivity index (χ1) is 8.76. The lowest BCUT2D eigenvalue weighted by atomic mass is 10.2. The number of alkyl halides is 3. The number of methoxy groups -OCH3 is 1. The predicted octanol–water partition coefficient (Wildman–Crippen LogP) is 2.08. The van der Waals surface area contributed by atoms with Crippen LogP contribution in [0.15, 0.2) is 6.20 Å². The highest BCUT2D eigenvalue weighted by molar-refractivity contribution is 5.27. The molecule has 0 aliphatic heterocycles. The predicted molar refractivity (Wildman–Crippen MR) is 61.0 cm³/mol. The van der Waals surface area contributed by atoms with Gasteiger partial charge in [-0.2, -0.15) is 18.3 Å². The molecule has 0 aliphatic rings. The summed E-state index contributed by atoms with van der Waals surface area (Å²) in [4.78, 5) is 0. The molecule has 0 fully saturated rings. The van der Waals surface area contributed by atoms with E-state index in [1.165, 1.54) is 18.0 Å². The monoisotopic (exact) mass is 282 g/mol. The van der Waals surface area contributed by atoms with Crippen LogP contribution in [0.25, 0.3) is 0 Å². The molecule has 0 aromatic carbocycles. The van der Waals surface area contributed by atoms with Gasteiger partial charge in [0.1, 0.15) is 18.4 Å². The van der Waals surface area contributed by atoms with Crippen LogP contribution >= 0.6 is 0 Å². The van der Waals surface area contributed by atoms with Gasteiger partial charge in [-0.25, -0.2) is 0 Å². The fourth-order valence-electron chi connectivity index (χ4n) is 1.61. The molecule has 0 bridgehead atoms. The molecular weight excluding hydrogens is 265 g/mol. The van der Waals surface area contributed by atoms with Gasteiger partial charge in [0.15, 0.2) is 5.75 Å². The largest absolute Gasteiger partial charge is 0.493 e. The van der Waals surface area contributed by atoms with E-state index in [0.29, 0.717) is 11.4 Å². The molecule has 8 heteroatoms. The highest BCUT2D eigenvalue weighted by atomic mass is 19.4. The summed E-state index contributed by atoms with van der Waals surface area (Å²) in [5.41, 5.74) is 0.305. The fourth-order valence-corrected chi connectivity index (χ4v) is 1.61. The number of hydrogen-bond donors (Lipinski definition) is 1. The second-order valence-electron chi connectivity index (χ2n) is 4.28. The zero-order valence-corrected chi connectivity index (χ0v) is 10.9. The molecule has 1 heterocycles. The summed E-state index contributed by atoms with van der Waals surface area (Å²) in [5.74, 6) is 0.316. The van der Waals surface area contributed by atoms with Crippen LogP contribution in [0.4, 0.5) is 13.2 Å². The van der Waals surface area contributed by atoms with Crippen molar-refractivity contribution in [2.75, 3.05) is 20.3 Å². The Kier molecular flexibility index (Phi) is 5.19. The summed E-state index contributed by atoms with van der Waals surface area (Å²) in [6.07, 6.45) is -4.24. The average molecular weight is 282 g/mol. The van der Waals surface area contributed by atoms with Crippen molar-refractivity contribution in [2.24, 2.45) is 0 Å². The second-order valence-corrected chi connectivity index (χ2v) is 4.28. The minimum atomic E-state index is -4.41. The van der Waals surface area contributed by atoms with E-state index in [1.807, 2.05) is 13.8 Å². The van der Waals surface area contributed by atoms with Gasteiger partial charge in [0, 0.05) is 6.04 Å². The van der Waals surface area contributed by atoms with Crippen molar-refractivity contribution in [3.8, 4) is 5.75 Å². The standard InChI is InChI=1S/C11H17F3N2O3/c1-7(2)16-10(9(18-3)4-15-16)8(17)5-19-6-11(12,13)14/h4,7-8,17H,5-6H2,1-3H3. The van der Waals surface area contributed by atoms with Gasteiger partial charge in [-0.1, -0.05) is 0 Å². The highest BCUT2D eigenvalue weighted by Crippen LogP contribution is 2.28. The van der Waals surface area contributed by atoms with Crippen LogP contribution in [0, 0.1) is 0 Å². The number of aromatic nitrogens is 2. The first kappa shape index (κ1) is 15.8. The zero-order chi connectivity index (χ0) is 14.6. The molecule has 110 valence electrons. The normalized spacial score (nSPS) is 13.9. The number of rotatable bonds is 6. The van der Waals surface area contributed by atoms with Crippen molar-refractivity contribution < 1.29 is 27.8 Å². The van der Waals surface area contributed by atoms with E-state index in [1.54, 1.807) is 0 Å². The minimum Gasteiger partial charge on any atom is -0.493 e. The van der Waals surface area contributed by atoms with Crippen LogP contribution in [0.1, 0.15) is 31.7 Å². The quantitative estimate of drug-likeness (QED) is 0.868. The van der Waals surface area contributed by atoms with Crippen molar-refractivity contribution in [3.63, 3.8) is 0 Å². The molecule has 1 aromatic heterocycles. The summed E-state index contributed by atoms with van der Waals surface area (Å²) in [5, 5.41) is 13.9. The molecule has 19 heavy (non-hydrogen) atoms. The molecule has 0 aliphatic carbocycles. The molecule has 1 aromatic rings. The van der Waals surface area contributed by atoms with Gasteiger partial charge in [-0.3, -0.25) is 4.68 Å². The maximum absolute atomic E-state index is 12.0. The molecule has 0 saturated heterocycles. The smallest absolute Gasteiger partial charge is 0.411 e. The van der Waals surface area contributed by atoms with E-state index in [4.69, 9.17) is 4.74 Å². The lowest BCUT2D eigenvalue weighted by molar-refractivity contribution is -0.179. The van der Waals surface area contributed by atoms with Crippen LogP contribution in [-0.2, 0) is 4.74 Å². The fraction of sp³-hybridized carbons (Fsp3) is 0.727. The number of halogens is 3. The Morgan fingerprint density at radius 1 is 1.42 bits per heavy atom. The summed E-state index contributed by atoms with van der Waals surface area (Å²) in [7, 11) is 1.40. The van der Waals surface area contributed by atoms with Crippen LogP contribution in [0.3, 0.4) is 0 Å². The summed E-state index contributed by atoms with van der Waals surface area (Å²) >= 11 is 0. The maximum atomic E-state index is 12.0. The second kappa shape index (κ2) is 6.25. The average Bonchev–Trinajstić information content (AvgIpc) is 2.70. The number of hydrogen-bond acceptors (Lipinski definition) is 4. The molecule has 1 rings (SSSR count). The Morgan fingerprint density at radius 2 is 2.05 bits per heavy atom. The van der Waals surface area contributed by atoms with E-state index in [-0.39, 0.29) is 6.04 Å². The minimum absolute atomic E-state index is 0.0591. The number of aliphatic hydroxyl groups is 1. The Balaban J connectivity index is 2.75. The van der Waals surface area contributed by atoms with Crippen LogP contribution in [0.5, 0.6) is 5.75 Å². The number of aliphatic hydroxyl groups excluding tert-OH is 1. The molecule has 1 N–H and O–H groups in total. The third-order valence-electron chi connectivity index (χ3n) is 2.36. The third-order valence-corrected chi connectivity index (χ3v) is 2.36. The lowest BCUT2D eigenvalue weighted by Gasteiger charge is -2.17. The van der Waals surface area contributed by atoms with E-state index >= 15 is 0 Å². The molecule has 1 unspecified atom stereocenters. The molecule has 0 radical (unpaired) electrons. The van der Waals surface area contributed by atoms with Crippen molar-refractivity contribution in [3.05, 3.63) is 11.9 Å². The first-order valence-electron chi connectivity index (χ1n) is 5.70. The maximum Gasteiger partial charge on any atom is 0.411 e. The molecule has 5 nitrogen and oxygen atoms in total. The van der Waals surface area contributed by atoms with E-state index in [9.17, 15) is 18.3 Å². The highest BCUT2D eigenvalue weighted by Gasteiger charge is 2.29. The van der Waals surface area contributed by atoms with Gasteiger partial charge in [0.2, 0.25) is 0 Å². The Hall–Kier alpha value is -1.28. The molecule has 1 atom stereocenters. The van der Waals surface area contributed by atoms with Gasteiger partial charge in [0.05, 0.1) is 19.9 Å². The zero-order valence-electron chi connectivity index (χ0n) is 10.9. The molecule has 0 saturated carbocycles. The summed E-state index contributed by atoms with van der Waals surface area (Å²) in [6.45, 7) is 1.79. The molecular formula is C11H17F3N2O3. The lowest BCUT2D eigenvalue weighted by Crippen LogP contribution is -2.21. The van der Waals surface area contributed by atoms with Crippen LogP contribution in [-0.4, -0.2) is 41.4 Å². The Bertz CT molecular complexity index is 404. The van der Waals surface area contributed by atoms with Crippen molar-refractivity contribution in [2.45, 2.75) is 32.2 Å². The van der Waals surface area contributed by atoms with Crippen LogP contribution < -0.4 is 4.74 Å². The van der Waals surface area contributed by atoms with Gasteiger partial charge in [-0.05, 0) is 13.8 Å². The number of ether oxygens (including phenoxy) is 2. The van der Waals surface area contributed by atoms with Crippen LogP contribution in [0.2, 0.25) is 0 Å². The number of nitrogens with zero attached hydrogens (tertiary/aromatic N) is 2. The summed E-state index contributed by atoms with van der Waals surface area (Å²) < 4.78 is 46.8. The van der Waals surface area contributed by atoms with Crippen molar-refractivity contribution in [1.82, 2.24) is 9.78 Å². The SMILES string of the molecule is COc1cnn(C(C)C)c1C(O)COCC(F)(F)F. The van der Waals surface area contributed by atoms with Crippen molar-refractivity contribution >= 4 is 0 Å². The Labute approximate surface area is 108 Å². The van der Waals surface area contributed by atoms with Gasteiger partial charge >= 0.3 is 6.18 Å². The molecule has 0 spiro atoms. The first-order valence-corrected chi connectivity index (χ1v) is 5.70. The van der Waals surface area contributed by atoms with Crippen molar-refractivity contribution in [1.29, 1.82) is 0 Å².